The quantitative estimate of drug-likeness (QED) is 0.565. The molecule has 0 aromatic heterocycles. The second-order valence-electron chi connectivity index (χ2n) is 1.84. The number of rotatable bonds is 4. The lowest BCUT2D eigenvalue weighted by molar-refractivity contribution is 0.250. The van der Waals surface area contributed by atoms with Crippen LogP contribution in [0.3, 0.4) is 0 Å². The average molecular weight is 153 g/mol. The van der Waals surface area contributed by atoms with Crippen molar-refractivity contribution in [2.24, 2.45) is 10.7 Å². The molecule has 11 heavy (non-hydrogen) atoms. The summed E-state index contributed by atoms with van der Waals surface area (Å²) >= 11 is 0. The lowest BCUT2D eigenvalue weighted by Gasteiger charge is -1.98. The summed E-state index contributed by atoms with van der Waals surface area (Å²) in [5, 5.41) is 2.37. The zero-order chi connectivity index (χ0) is 8.69. The highest BCUT2D eigenvalue weighted by Crippen LogP contribution is 1.81. The van der Waals surface area contributed by atoms with Crippen molar-refractivity contribution in [2.75, 3.05) is 6.54 Å². The summed E-state index contributed by atoms with van der Waals surface area (Å²) in [6, 6.07) is -0.571. The van der Waals surface area contributed by atoms with Crippen LogP contribution in [0.25, 0.3) is 0 Å². The fourth-order valence-corrected chi connectivity index (χ4v) is 0.404. The molecule has 0 atom stereocenters. The molecule has 0 fully saturated rings. The standard InChI is InChI=1S/C7H11N3O/c1-3-9-4-6(2)5-10-7(8)11/h3-4H,1-2,5H2,(H3,8,10,11). The van der Waals surface area contributed by atoms with Crippen LogP contribution in [0.5, 0.6) is 0 Å². The van der Waals surface area contributed by atoms with E-state index in [1.54, 1.807) is 0 Å². The summed E-state index contributed by atoms with van der Waals surface area (Å²) in [7, 11) is 0. The van der Waals surface area contributed by atoms with Crippen molar-refractivity contribution >= 4 is 12.2 Å². The molecule has 0 aromatic carbocycles. The maximum atomic E-state index is 10.2. The van der Waals surface area contributed by atoms with Gasteiger partial charge in [-0.05, 0) is 5.57 Å². The van der Waals surface area contributed by atoms with E-state index in [0.717, 1.165) is 0 Å². The Morgan fingerprint density at radius 1 is 1.73 bits per heavy atom. The summed E-state index contributed by atoms with van der Waals surface area (Å²) < 4.78 is 0. The van der Waals surface area contributed by atoms with Crippen molar-refractivity contribution < 1.29 is 4.79 Å². The molecule has 0 bridgehead atoms. The number of primary amides is 1. The van der Waals surface area contributed by atoms with Crippen LogP contribution in [0.1, 0.15) is 0 Å². The third kappa shape index (κ3) is 6.30. The number of hydrogen-bond donors (Lipinski definition) is 2. The maximum Gasteiger partial charge on any atom is 0.312 e. The van der Waals surface area contributed by atoms with Gasteiger partial charge in [0.25, 0.3) is 0 Å². The van der Waals surface area contributed by atoms with Gasteiger partial charge in [-0.3, -0.25) is 4.99 Å². The highest BCUT2D eigenvalue weighted by molar-refractivity contribution is 5.80. The van der Waals surface area contributed by atoms with Crippen molar-refractivity contribution in [3.05, 3.63) is 24.9 Å². The number of amides is 2. The number of carbonyl (C=O) groups is 1. The Kier molecular flexibility index (Phi) is 4.47. The Balaban J connectivity index is 3.61. The predicted molar refractivity (Wildman–Crippen MR) is 45.4 cm³/mol. The van der Waals surface area contributed by atoms with Gasteiger partial charge in [-0.15, -0.1) is 0 Å². The van der Waals surface area contributed by atoms with E-state index in [0.29, 0.717) is 12.1 Å². The van der Waals surface area contributed by atoms with E-state index in [9.17, 15) is 4.79 Å². The van der Waals surface area contributed by atoms with Crippen LogP contribution in [0.4, 0.5) is 4.79 Å². The monoisotopic (exact) mass is 153 g/mol. The van der Waals surface area contributed by atoms with Gasteiger partial charge in [-0.2, -0.15) is 0 Å². The van der Waals surface area contributed by atoms with Gasteiger partial charge in [0.1, 0.15) is 0 Å². The molecule has 3 N–H and O–H groups in total. The molecule has 0 aliphatic rings. The summed E-state index contributed by atoms with van der Waals surface area (Å²) in [5.74, 6) is 0. The lowest BCUT2D eigenvalue weighted by atomic mass is 10.3. The van der Waals surface area contributed by atoms with Crippen molar-refractivity contribution in [1.82, 2.24) is 5.32 Å². The molecule has 2 amide bonds. The number of nitrogens with zero attached hydrogens (tertiary/aromatic N) is 1. The zero-order valence-corrected chi connectivity index (χ0v) is 6.21. The van der Waals surface area contributed by atoms with E-state index in [-0.39, 0.29) is 0 Å². The van der Waals surface area contributed by atoms with Gasteiger partial charge in [-0.1, -0.05) is 13.2 Å². The average Bonchev–Trinajstić information content (AvgIpc) is 1.97. The van der Waals surface area contributed by atoms with E-state index in [4.69, 9.17) is 5.73 Å². The molecule has 4 heteroatoms. The van der Waals surface area contributed by atoms with Crippen LogP contribution < -0.4 is 11.1 Å². The van der Waals surface area contributed by atoms with E-state index >= 15 is 0 Å². The summed E-state index contributed by atoms with van der Waals surface area (Å²) in [5.41, 5.74) is 5.48. The number of nitrogens with one attached hydrogen (secondary N) is 1. The van der Waals surface area contributed by atoms with Gasteiger partial charge in [0, 0.05) is 19.0 Å². The SMILES string of the molecule is C=CN=CC(=C)CNC(N)=O. The number of aliphatic imine (C=N–C) groups is 1. The first-order chi connectivity index (χ1) is 5.16. The number of hydrogen-bond acceptors (Lipinski definition) is 2. The normalized spacial score (nSPS) is 9.45. The van der Waals surface area contributed by atoms with Gasteiger partial charge < -0.3 is 11.1 Å². The van der Waals surface area contributed by atoms with Gasteiger partial charge >= 0.3 is 6.03 Å². The van der Waals surface area contributed by atoms with Crippen LogP contribution >= 0.6 is 0 Å². The summed E-state index contributed by atoms with van der Waals surface area (Å²) in [6.45, 7) is 7.29. The molecule has 0 aliphatic carbocycles. The minimum atomic E-state index is -0.571. The van der Waals surface area contributed by atoms with Crippen LogP contribution in [0, 0.1) is 0 Å². The van der Waals surface area contributed by atoms with Crippen LogP contribution in [-0.4, -0.2) is 18.8 Å². The van der Waals surface area contributed by atoms with Gasteiger partial charge in [-0.25, -0.2) is 4.79 Å². The smallest absolute Gasteiger partial charge is 0.312 e. The van der Waals surface area contributed by atoms with E-state index in [2.05, 4.69) is 23.5 Å². The van der Waals surface area contributed by atoms with Crippen molar-refractivity contribution in [3.8, 4) is 0 Å². The number of carbonyl (C=O) groups excluding carboxylic acids is 1. The molecule has 60 valence electrons. The molecule has 0 unspecified atom stereocenters. The number of nitrogens with two attached hydrogens (primary N) is 1. The van der Waals surface area contributed by atoms with Crippen molar-refractivity contribution in [3.63, 3.8) is 0 Å². The molecule has 0 rings (SSSR count). The third-order valence-electron chi connectivity index (χ3n) is 0.852. The first-order valence-corrected chi connectivity index (χ1v) is 3.02. The highest BCUT2D eigenvalue weighted by atomic mass is 16.2. The molecule has 0 heterocycles. The Bertz CT molecular complexity index is 196. The van der Waals surface area contributed by atoms with Crippen molar-refractivity contribution in [1.29, 1.82) is 0 Å². The molecule has 0 radical (unpaired) electrons. The van der Waals surface area contributed by atoms with Gasteiger partial charge in [0.2, 0.25) is 0 Å². The minimum absolute atomic E-state index is 0.312. The molecular formula is C7H11N3O. The molecule has 0 aliphatic heterocycles. The van der Waals surface area contributed by atoms with Crippen LogP contribution in [-0.2, 0) is 0 Å². The largest absolute Gasteiger partial charge is 0.352 e. The molecule has 0 saturated carbocycles. The van der Waals surface area contributed by atoms with E-state index in [1.165, 1.54) is 12.4 Å². The second-order valence-corrected chi connectivity index (χ2v) is 1.84. The van der Waals surface area contributed by atoms with E-state index < -0.39 is 6.03 Å². The summed E-state index contributed by atoms with van der Waals surface area (Å²) in [4.78, 5) is 13.9. The third-order valence-corrected chi connectivity index (χ3v) is 0.852. The van der Waals surface area contributed by atoms with Gasteiger partial charge in [0.05, 0.1) is 0 Å². The first-order valence-electron chi connectivity index (χ1n) is 3.02. The lowest BCUT2D eigenvalue weighted by Crippen LogP contribution is -2.30. The Labute approximate surface area is 65.5 Å². The second kappa shape index (κ2) is 5.22. The van der Waals surface area contributed by atoms with Crippen molar-refractivity contribution in [2.45, 2.75) is 0 Å². The Hall–Kier alpha value is -1.58. The zero-order valence-electron chi connectivity index (χ0n) is 6.21. The first kappa shape index (κ1) is 9.42. The molecule has 0 saturated heterocycles. The topological polar surface area (TPSA) is 67.5 Å². The Morgan fingerprint density at radius 3 is 2.82 bits per heavy atom. The Morgan fingerprint density at radius 2 is 2.36 bits per heavy atom. The fourth-order valence-electron chi connectivity index (χ4n) is 0.404. The minimum Gasteiger partial charge on any atom is -0.352 e. The molecule has 0 aromatic rings. The maximum absolute atomic E-state index is 10.2. The highest BCUT2D eigenvalue weighted by Gasteiger charge is 1.91. The molecular weight excluding hydrogens is 142 g/mol. The van der Waals surface area contributed by atoms with Crippen LogP contribution in [0.2, 0.25) is 0 Å². The molecule has 4 nitrogen and oxygen atoms in total. The summed E-state index contributed by atoms with van der Waals surface area (Å²) in [6.07, 6.45) is 2.89. The van der Waals surface area contributed by atoms with Gasteiger partial charge in [0.15, 0.2) is 0 Å². The predicted octanol–water partition coefficient (Wildman–Crippen LogP) is 0.425. The molecule has 0 spiro atoms. The van der Waals surface area contributed by atoms with E-state index in [1.807, 2.05) is 0 Å². The fraction of sp³-hybridized carbons (Fsp3) is 0.143. The number of urea groups is 1. The van der Waals surface area contributed by atoms with Crippen LogP contribution in [0.15, 0.2) is 29.9 Å².